The minimum absolute atomic E-state index is 0.628. The predicted octanol–water partition coefficient (Wildman–Crippen LogP) is 3.13. The fourth-order valence-electron chi connectivity index (χ4n) is 3.02. The van der Waals surface area contributed by atoms with Crippen LogP contribution in [0.15, 0.2) is 54.6 Å². The van der Waals surface area contributed by atoms with Crippen LogP contribution >= 0.6 is 0 Å². The molecule has 130 valence electrons. The summed E-state index contributed by atoms with van der Waals surface area (Å²) < 4.78 is 16.2. The van der Waals surface area contributed by atoms with Gasteiger partial charge in [-0.05, 0) is 29.0 Å². The molecule has 0 aliphatic rings. The van der Waals surface area contributed by atoms with Gasteiger partial charge in [0.2, 0.25) is 5.75 Å². The maximum atomic E-state index is 5.41. The van der Waals surface area contributed by atoms with Crippen molar-refractivity contribution in [3.05, 3.63) is 65.7 Å². The van der Waals surface area contributed by atoms with E-state index in [1.807, 2.05) is 12.1 Å². The minimum atomic E-state index is 0.628. The van der Waals surface area contributed by atoms with Crippen molar-refractivity contribution in [1.82, 2.24) is 0 Å². The molecule has 4 nitrogen and oxygen atoms in total. The van der Waals surface area contributed by atoms with E-state index in [1.54, 1.807) is 21.3 Å². The van der Waals surface area contributed by atoms with E-state index in [1.165, 1.54) is 16.3 Å². The molecule has 0 radical (unpaired) electrons. The molecule has 0 fully saturated rings. The van der Waals surface area contributed by atoms with Crippen LogP contribution in [-0.4, -0.2) is 21.3 Å². The Morgan fingerprint density at radius 1 is 0.680 bits per heavy atom. The molecule has 0 heterocycles. The summed E-state index contributed by atoms with van der Waals surface area (Å²) in [7, 11) is 4.89. The van der Waals surface area contributed by atoms with Crippen molar-refractivity contribution < 1.29 is 19.5 Å². The van der Waals surface area contributed by atoms with Crippen LogP contribution in [0.3, 0.4) is 0 Å². The Kier molecular flexibility index (Phi) is 5.41. The molecule has 0 amide bonds. The van der Waals surface area contributed by atoms with Crippen molar-refractivity contribution in [2.24, 2.45) is 0 Å². The molecule has 0 bridgehead atoms. The van der Waals surface area contributed by atoms with Crippen molar-refractivity contribution in [2.75, 3.05) is 21.3 Å². The van der Waals surface area contributed by atoms with Gasteiger partial charge in [0, 0.05) is 11.1 Å². The maximum absolute atomic E-state index is 5.41. The summed E-state index contributed by atoms with van der Waals surface area (Å²) in [6, 6.07) is 19.0. The zero-order valence-electron chi connectivity index (χ0n) is 14.9. The third-order valence-electron chi connectivity index (χ3n) is 4.30. The van der Waals surface area contributed by atoms with Crippen molar-refractivity contribution in [3.63, 3.8) is 0 Å². The summed E-state index contributed by atoms with van der Waals surface area (Å²) in [4.78, 5) is 0. The number of rotatable bonds is 7. The molecule has 3 aromatic carbocycles. The van der Waals surface area contributed by atoms with Gasteiger partial charge in [-0.3, -0.25) is 0 Å². The van der Waals surface area contributed by atoms with Crippen LogP contribution in [-0.2, 0) is 13.1 Å². The Morgan fingerprint density at radius 3 is 1.96 bits per heavy atom. The molecule has 0 unspecified atom stereocenters. The SMILES string of the molecule is COc1cc(C[NH2+]Cc2ccc3ccccc3c2)cc(OC)c1OC. The first-order valence-corrected chi connectivity index (χ1v) is 8.33. The topological polar surface area (TPSA) is 44.3 Å². The molecular formula is C21H24NO3+. The predicted molar refractivity (Wildman–Crippen MR) is 99.4 cm³/mol. The normalized spacial score (nSPS) is 10.7. The molecule has 0 atom stereocenters. The lowest BCUT2D eigenvalue weighted by Gasteiger charge is -2.13. The van der Waals surface area contributed by atoms with Gasteiger partial charge in [-0.2, -0.15) is 0 Å². The van der Waals surface area contributed by atoms with Crippen LogP contribution < -0.4 is 19.5 Å². The van der Waals surface area contributed by atoms with Crippen LogP contribution in [0.5, 0.6) is 17.2 Å². The maximum Gasteiger partial charge on any atom is 0.203 e. The van der Waals surface area contributed by atoms with Crippen molar-refractivity contribution >= 4 is 10.8 Å². The smallest absolute Gasteiger partial charge is 0.203 e. The molecule has 4 heteroatoms. The van der Waals surface area contributed by atoms with Crippen LogP contribution in [0.4, 0.5) is 0 Å². The highest BCUT2D eigenvalue weighted by Crippen LogP contribution is 2.37. The average molecular weight is 338 g/mol. The van der Waals surface area contributed by atoms with Crippen LogP contribution in [0, 0.1) is 0 Å². The van der Waals surface area contributed by atoms with Gasteiger partial charge >= 0.3 is 0 Å². The highest BCUT2D eigenvalue weighted by Gasteiger charge is 2.13. The number of ether oxygens (including phenoxy) is 3. The first-order chi connectivity index (χ1) is 12.2. The molecule has 3 aromatic rings. The molecule has 2 N–H and O–H groups in total. The van der Waals surface area contributed by atoms with Crippen molar-refractivity contribution in [1.29, 1.82) is 0 Å². The van der Waals surface area contributed by atoms with E-state index in [0.29, 0.717) is 17.2 Å². The molecule has 3 rings (SSSR count). The third kappa shape index (κ3) is 3.86. The summed E-state index contributed by atoms with van der Waals surface area (Å²) in [6.45, 7) is 1.75. The standard InChI is InChI=1S/C21H23NO3/c1-23-19-11-16(12-20(24-2)21(19)25-3)14-22-13-15-8-9-17-6-4-5-7-18(17)10-15/h4-12,22H,13-14H2,1-3H3/p+1. The fraction of sp³-hybridized carbons (Fsp3) is 0.238. The number of fused-ring (bicyclic) bond motifs is 1. The zero-order valence-corrected chi connectivity index (χ0v) is 14.9. The Hall–Kier alpha value is -2.72. The largest absolute Gasteiger partial charge is 0.493 e. The van der Waals surface area contributed by atoms with Gasteiger partial charge in [-0.1, -0.05) is 36.4 Å². The Morgan fingerprint density at radius 2 is 1.32 bits per heavy atom. The lowest BCUT2D eigenvalue weighted by molar-refractivity contribution is -0.686. The number of hydrogen-bond acceptors (Lipinski definition) is 3. The summed E-state index contributed by atoms with van der Waals surface area (Å²) in [6.07, 6.45) is 0. The summed E-state index contributed by atoms with van der Waals surface area (Å²) >= 11 is 0. The lowest BCUT2D eigenvalue weighted by Crippen LogP contribution is -2.80. The van der Waals surface area contributed by atoms with E-state index < -0.39 is 0 Å². The quantitative estimate of drug-likeness (QED) is 0.720. The molecule has 0 aromatic heterocycles. The number of hydrogen-bond donors (Lipinski definition) is 1. The van der Waals surface area contributed by atoms with Gasteiger partial charge < -0.3 is 19.5 Å². The van der Waals surface area contributed by atoms with E-state index >= 15 is 0 Å². The van der Waals surface area contributed by atoms with Crippen molar-refractivity contribution in [2.45, 2.75) is 13.1 Å². The zero-order chi connectivity index (χ0) is 17.6. The molecule has 0 saturated heterocycles. The monoisotopic (exact) mass is 338 g/mol. The highest BCUT2D eigenvalue weighted by molar-refractivity contribution is 5.82. The lowest BCUT2D eigenvalue weighted by atomic mass is 10.1. The Labute approximate surface area is 148 Å². The summed E-state index contributed by atoms with van der Waals surface area (Å²) in [5.41, 5.74) is 2.45. The average Bonchev–Trinajstić information content (AvgIpc) is 2.67. The van der Waals surface area contributed by atoms with Crippen LogP contribution in [0.25, 0.3) is 10.8 Å². The molecule has 0 aliphatic heterocycles. The van der Waals surface area contributed by atoms with Crippen LogP contribution in [0.2, 0.25) is 0 Å². The third-order valence-corrected chi connectivity index (χ3v) is 4.30. The van der Waals surface area contributed by atoms with Gasteiger partial charge in [0.15, 0.2) is 11.5 Å². The highest BCUT2D eigenvalue weighted by atomic mass is 16.5. The number of quaternary nitrogens is 1. The molecule has 0 aliphatic carbocycles. The Bertz CT molecular complexity index is 836. The first-order valence-electron chi connectivity index (χ1n) is 8.33. The van der Waals surface area contributed by atoms with E-state index in [9.17, 15) is 0 Å². The van der Waals surface area contributed by atoms with E-state index in [2.05, 4.69) is 47.8 Å². The number of nitrogens with two attached hydrogens (primary N) is 1. The molecule has 25 heavy (non-hydrogen) atoms. The fourth-order valence-corrected chi connectivity index (χ4v) is 3.02. The van der Waals surface area contributed by atoms with E-state index in [4.69, 9.17) is 14.2 Å². The van der Waals surface area contributed by atoms with Gasteiger partial charge in [-0.25, -0.2) is 0 Å². The molecule has 0 spiro atoms. The van der Waals surface area contributed by atoms with Crippen molar-refractivity contribution in [3.8, 4) is 17.2 Å². The van der Waals surface area contributed by atoms with Gasteiger partial charge in [0.25, 0.3) is 0 Å². The first kappa shape index (κ1) is 17.1. The summed E-state index contributed by atoms with van der Waals surface area (Å²) in [5, 5.41) is 4.82. The number of benzene rings is 3. The second-order valence-corrected chi connectivity index (χ2v) is 5.91. The number of methoxy groups -OCH3 is 3. The Balaban J connectivity index is 1.70. The van der Waals surface area contributed by atoms with Gasteiger partial charge in [0.05, 0.1) is 21.3 Å². The molecular weight excluding hydrogens is 314 g/mol. The van der Waals surface area contributed by atoms with Crippen LogP contribution in [0.1, 0.15) is 11.1 Å². The molecule has 0 saturated carbocycles. The van der Waals surface area contributed by atoms with Gasteiger partial charge in [-0.15, -0.1) is 0 Å². The minimum Gasteiger partial charge on any atom is -0.493 e. The van der Waals surface area contributed by atoms with E-state index in [0.717, 1.165) is 18.7 Å². The second-order valence-electron chi connectivity index (χ2n) is 5.91. The van der Waals surface area contributed by atoms with Gasteiger partial charge in [0.1, 0.15) is 13.1 Å². The second kappa shape index (κ2) is 7.90. The van der Waals surface area contributed by atoms with E-state index in [-0.39, 0.29) is 0 Å². The summed E-state index contributed by atoms with van der Waals surface area (Å²) in [5.74, 6) is 2.01.